The van der Waals surface area contributed by atoms with E-state index in [1.807, 2.05) is 0 Å². The Labute approximate surface area is 732 Å². The van der Waals surface area contributed by atoms with Gasteiger partial charge in [-0.05, 0) is 377 Å². The largest absolute Gasteiger partial charge is 0.458 e. The molecule has 0 amide bonds. The second kappa shape index (κ2) is 33.0. The van der Waals surface area contributed by atoms with Crippen LogP contribution in [0.4, 0.5) is 0 Å². The van der Waals surface area contributed by atoms with Crippen LogP contribution >= 0.6 is 0 Å². The number of nitrogens with one attached hydrogen (secondary N) is 2. The molecule has 16 aliphatic carbocycles. The molecule has 1 saturated heterocycles. The van der Waals surface area contributed by atoms with Crippen molar-refractivity contribution in [3.8, 4) is 0 Å². The van der Waals surface area contributed by atoms with E-state index in [0.29, 0.717) is 115 Å². The van der Waals surface area contributed by atoms with Gasteiger partial charge in [-0.2, -0.15) is 11.0 Å². The number of aliphatic hydroxyl groups excluding tert-OH is 2. The number of esters is 4. The minimum Gasteiger partial charge on any atom is -0.458 e. The summed E-state index contributed by atoms with van der Waals surface area (Å²) in [7, 11) is 5.08. The highest BCUT2D eigenvalue weighted by Crippen LogP contribution is 2.76. The molecule has 16 saturated carbocycles. The normalized spacial score (nSPS) is 52.3. The Hall–Kier alpha value is -4.17. The van der Waals surface area contributed by atoms with Crippen molar-refractivity contribution in [2.45, 2.75) is 365 Å². The van der Waals surface area contributed by atoms with E-state index >= 15 is 0 Å². The number of aliphatic hydroxyl groups is 6. The Morgan fingerprint density at radius 2 is 0.715 bits per heavy atom. The second-order valence-electron chi connectivity index (χ2n) is 46.4. The lowest BCUT2D eigenvalue weighted by Gasteiger charge is -2.63. The van der Waals surface area contributed by atoms with Gasteiger partial charge in [0, 0.05) is 64.5 Å². The first-order valence-electron chi connectivity index (χ1n) is 49.2. The van der Waals surface area contributed by atoms with Gasteiger partial charge >= 0.3 is 23.9 Å². The van der Waals surface area contributed by atoms with Gasteiger partial charge in [-0.25, -0.2) is 19.2 Å². The number of ether oxygens (including phenoxy) is 6. The van der Waals surface area contributed by atoms with Crippen LogP contribution in [0.2, 0.25) is 0 Å². The monoisotopic (exact) mass is 1710 g/mol. The van der Waals surface area contributed by atoms with Gasteiger partial charge in [0.05, 0.1) is 60.6 Å². The van der Waals surface area contributed by atoms with Gasteiger partial charge in [0.2, 0.25) is 0 Å². The summed E-state index contributed by atoms with van der Waals surface area (Å²) in [6.45, 7) is 22.6. The van der Waals surface area contributed by atoms with Crippen LogP contribution in [0.3, 0.4) is 0 Å². The summed E-state index contributed by atoms with van der Waals surface area (Å²) < 4.78 is 33.1. The fraction of sp³-hybridized carbons (Fsp3) is 0.871. The van der Waals surface area contributed by atoms with Gasteiger partial charge in [-0.1, -0.05) is 60.5 Å². The van der Waals surface area contributed by atoms with E-state index in [1.54, 1.807) is 52.6 Å². The Morgan fingerprint density at radius 1 is 0.382 bits per heavy atom. The molecule has 0 bridgehead atoms. The molecule has 22 nitrogen and oxygen atoms in total. The van der Waals surface area contributed by atoms with Gasteiger partial charge < -0.3 is 73.6 Å². The minimum absolute atomic E-state index is 0.110. The minimum atomic E-state index is -0.856. The molecule has 22 heteroatoms. The fourth-order valence-corrected chi connectivity index (χ4v) is 35.6. The summed E-state index contributed by atoms with van der Waals surface area (Å²) in [5.41, 5.74) is 10.1. The van der Waals surface area contributed by atoms with E-state index in [-0.39, 0.29) is 86.1 Å². The lowest BCUT2D eigenvalue weighted by atomic mass is 9.43. The van der Waals surface area contributed by atoms with Crippen molar-refractivity contribution in [3.63, 3.8) is 0 Å². The molecule has 0 aromatic carbocycles. The third-order valence-corrected chi connectivity index (χ3v) is 42.5. The molecular weight excluding hydrogens is 1560 g/mol. The molecule has 35 atom stereocenters. The zero-order valence-corrected chi connectivity index (χ0v) is 76.5. The Kier molecular flexibility index (Phi) is 24.0. The van der Waals surface area contributed by atoms with Crippen molar-refractivity contribution in [1.82, 2.24) is 11.0 Å². The number of fused-ring (bicyclic) bond motifs is 20. The average Bonchev–Trinajstić information content (AvgIpc) is 1.59. The highest BCUT2D eigenvalue weighted by Gasteiger charge is 2.73. The number of hydrogen-bond acceptors (Lipinski definition) is 22. The smallest absolute Gasteiger partial charge is 0.331 e. The molecule has 9 unspecified atom stereocenters. The first kappa shape index (κ1) is 89.4. The summed E-state index contributed by atoms with van der Waals surface area (Å²) in [5.74, 6) is 6.62. The SMILES string of the molecule is CC1O[C@@H](O[C@H]2CC[C@]3(C)C4CC[C@]5(C)[C@@H](C6=CC(=O)OC6)CC[C@]5(O)C4CC[C@@H]3C2)C[C@@H](O)[C@@H]1O.CON=C1CC[C@]2(C)C3CC[C@]4(C)[C@@H](C5=CC(=O)OC5)CC[C@]4(O)C3CC[C@@H]2C1.CON[C@@H]1CC[C@]2(C)C3CC[C@]4(C)[C@@H](C5=CC(=O)OC5)CC[C@]4(O)C3CC[C@@H]2C1.CON[C@H]1CC[C@]2(C)C3CC[C@]4(C)[C@@H](C5=CC(=O)OC5)CC[C@]4(O)C3CC[C@@H]2C1. The third-order valence-electron chi connectivity index (χ3n) is 42.5. The van der Waals surface area contributed by atoms with Crippen molar-refractivity contribution >= 4 is 29.6 Å². The number of carbonyl (C=O) groups is 4. The molecule has 0 aromatic heterocycles. The van der Waals surface area contributed by atoms with Crippen LogP contribution in [0.25, 0.3) is 0 Å². The predicted molar refractivity (Wildman–Crippen MR) is 461 cm³/mol. The van der Waals surface area contributed by atoms with Crippen molar-refractivity contribution in [2.75, 3.05) is 47.8 Å². The summed E-state index contributed by atoms with van der Waals surface area (Å²) >= 11 is 0. The molecule has 17 fully saturated rings. The number of hydrogen-bond donors (Lipinski definition) is 8. The molecule has 123 heavy (non-hydrogen) atoms. The quantitative estimate of drug-likeness (QED) is 0.0412. The summed E-state index contributed by atoms with van der Waals surface area (Å²) in [6.07, 6.45) is 43.4. The number of hydroxylamine groups is 2. The Morgan fingerprint density at radius 3 is 1.04 bits per heavy atom. The summed E-state index contributed by atoms with van der Waals surface area (Å²) in [5, 5.41) is 73.4. The van der Waals surface area contributed by atoms with E-state index in [2.05, 4.69) is 71.5 Å². The third kappa shape index (κ3) is 14.3. The van der Waals surface area contributed by atoms with Crippen LogP contribution in [0.15, 0.2) is 51.8 Å². The van der Waals surface area contributed by atoms with Gasteiger partial charge in [-0.15, -0.1) is 0 Å². The standard InChI is InChI=1S/C29H44O7.2C24H37NO4.C24H35NO4/c1-16-26(32)23(30)14-25(35-16)36-19-6-9-27(2)18(13-19)4-5-22-21(27)7-10-28(3)20(8-11-29(22,28)33)17-12-24(31)34-15-17;3*1-22-9-6-17(25-28-3)13-16(22)4-5-20-19(22)7-10-23(2)18(8-11-24(20,23)27)15-12-21(26)29-14-15/h12,16,18-23,25-26,30,32-33H,4-11,13-15H2,1-3H3;2*12,16-20,25,27H,4-11,13-14H2,1-3H3;12,16,18-20,27H,4-11,13-14H2,1-3H3/t16?,18-,19+,20-,21?,22?,23-,25+,26-,27+,28-,29+;16-,17+,18-,19?,20?,22+,23-,24+;16-,17-,18-,19?,20?,22+,23-,24+;16-,18-,19?,20?,22+,23-,24+/m1111/s1. The van der Waals surface area contributed by atoms with Crippen LogP contribution in [0, 0.1) is 138 Å². The molecule has 21 aliphatic rings. The zero-order valence-electron chi connectivity index (χ0n) is 76.5. The van der Waals surface area contributed by atoms with Crippen LogP contribution in [0.5, 0.6) is 0 Å². The number of nitrogens with zero attached hydrogens (tertiary/aromatic N) is 1. The maximum absolute atomic E-state index is 12.4. The molecule has 5 heterocycles. The van der Waals surface area contributed by atoms with E-state index in [9.17, 15) is 49.8 Å². The lowest BCUT2D eigenvalue weighted by molar-refractivity contribution is -0.270. The average molecular weight is 1710 g/mol. The number of cyclic esters (lactones) is 4. The van der Waals surface area contributed by atoms with Gasteiger partial charge in [0.1, 0.15) is 39.6 Å². The fourth-order valence-electron chi connectivity index (χ4n) is 35.6. The highest BCUT2D eigenvalue weighted by atomic mass is 16.7. The topological polar surface area (TPSA) is 309 Å². The van der Waals surface area contributed by atoms with E-state index < -0.39 is 47.0 Å². The van der Waals surface area contributed by atoms with Crippen LogP contribution in [-0.4, -0.2) is 173 Å². The number of oxime groups is 1. The van der Waals surface area contributed by atoms with E-state index in [4.69, 9.17) is 42.9 Å². The van der Waals surface area contributed by atoms with Gasteiger partial charge in [0.25, 0.3) is 0 Å². The Bertz CT molecular complexity index is 4030. The summed E-state index contributed by atoms with van der Waals surface area (Å²) in [4.78, 5) is 62.3. The van der Waals surface area contributed by atoms with Crippen LogP contribution in [-0.2, 0) is 62.1 Å². The second-order valence-corrected chi connectivity index (χ2v) is 46.4. The number of rotatable bonds is 11. The van der Waals surface area contributed by atoms with Crippen molar-refractivity contribution in [1.29, 1.82) is 0 Å². The first-order valence-corrected chi connectivity index (χ1v) is 49.2. The maximum Gasteiger partial charge on any atom is 0.331 e. The summed E-state index contributed by atoms with van der Waals surface area (Å²) in [6, 6.07) is 0.934. The van der Waals surface area contributed by atoms with Gasteiger partial charge in [-0.3, -0.25) is 0 Å². The van der Waals surface area contributed by atoms with Crippen LogP contribution in [0.1, 0.15) is 300 Å². The van der Waals surface area contributed by atoms with Crippen molar-refractivity contribution in [2.24, 2.45) is 143 Å². The lowest BCUT2D eigenvalue weighted by Crippen LogP contribution is -2.62. The molecule has 5 aliphatic heterocycles. The highest BCUT2D eigenvalue weighted by molar-refractivity contribution is 5.87. The first-order chi connectivity index (χ1) is 58.5. The predicted octanol–water partition coefficient (Wildman–Crippen LogP) is 15.3. The maximum atomic E-state index is 12.4. The van der Waals surface area contributed by atoms with Crippen molar-refractivity contribution in [3.05, 3.63) is 46.6 Å². The molecule has 0 spiro atoms. The molecule has 0 radical (unpaired) electrons. The molecular formula is C101H153N3O19. The molecule has 0 aromatic rings. The van der Waals surface area contributed by atoms with E-state index in [1.165, 1.54) is 69.9 Å². The zero-order chi connectivity index (χ0) is 86.8. The van der Waals surface area contributed by atoms with Gasteiger partial charge in [0.15, 0.2) is 6.29 Å². The molecule has 21 rings (SSSR count). The number of carbonyl (C=O) groups excluding carboxylic acids is 4. The van der Waals surface area contributed by atoms with Crippen LogP contribution < -0.4 is 11.0 Å². The van der Waals surface area contributed by atoms with E-state index in [0.717, 1.165) is 201 Å². The molecule has 8 N–H and O–H groups in total. The Balaban J connectivity index is 0.000000112. The van der Waals surface area contributed by atoms with Crippen molar-refractivity contribution < 1.29 is 92.8 Å². The molecule has 686 valence electrons.